The summed E-state index contributed by atoms with van der Waals surface area (Å²) in [4.78, 5) is 36.6. The van der Waals surface area contributed by atoms with Crippen LogP contribution in [0.3, 0.4) is 0 Å². The normalized spacial score (nSPS) is 12.0. The van der Waals surface area contributed by atoms with Crippen LogP contribution in [0, 0.1) is 0 Å². The highest BCUT2D eigenvalue weighted by Crippen LogP contribution is 2.22. The third-order valence-electron chi connectivity index (χ3n) is 4.55. The van der Waals surface area contributed by atoms with Gasteiger partial charge in [0.2, 0.25) is 5.91 Å². The highest BCUT2D eigenvalue weighted by molar-refractivity contribution is 5.98. The number of benzene rings is 2. The molecule has 2 amide bonds. The molecule has 29 heavy (non-hydrogen) atoms. The molecule has 0 aromatic heterocycles. The van der Waals surface area contributed by atoms with E-state index in [9.17, 15) is 14.4 Å². The molecule has 0 aliphatic heterocycles. The lowest BCUT2D eigenvalue weighted by molar-refractivity contribution is -0.141. The molecule has 0 fully saturated rings. The van der Waals surface area contributed by atoms with Gasteiger partial charge >= 0.3 is 5.97 Å². The molecule has 154 valence electrons. The molecule has 6 nitrogen and oxygen atoms in total. The molecule has 6 heteroatoms. The van der Waals surface area contributed by atoms with Gasteiger partial charge in [-0.15, -0.1) is 0 Å². The van der Waals surface area contributed by atoms with Crippen LogP contribution in [0.4, 0.5) is 0 Å². The summed E-state index contributed by atoms with van der Waals surface area (Å²) in [6, 6.07) is 15.9. The molecule has 1 atom stereocenters. The highest BCUT2D eigenvalue weighted by Gasteiger charge is 2.23. The van der Waals surface area contributed by atoms with Crippen LogP contribution >= 0.6 is 0 Å². The number of carbonyl (C=O) groups excluding carboxylic acids is 3. The van der Waals surface area contributed by atoms with Gasteiger partial charge in [-0.25, -0.2) is 0 Å². The van der Waals surface area contributed by atoms with Gasteiger partial charge in [0.25, 0.3) is 5.91 Å². The number of nitrogens with one attached hydrogen (secondary N) is 2. The van der Waals surface area contributed by atoms with E-state index in [4.69, 9.17) is 0 Å². The Morgan fingerprint density at radius 3 is 2.14 bits per heavy atom. The predicted octanol–water partition coefficient (Wildman–Crippen LogP) is 2.61. The first-order valence-corrected chi connectivity index (χ1v) is 9.50. The lowest BCUT2D eigenvalue weighted by Crippen LogP contribution is -2.49. The van der Waals surface area contributed by atoms with Crippen LogP contribution in [0.15, 0.2) is 54.6 Å². The van der Waals surface area contributed by atoms with Gasteiger partial charge in [-0.05, 0) is 28.7 Å². The number of methoxy groups -OCH3 is 1. The molecular formula is C23H28N2O4. The standard InChI is InChI=1S/C23H28N2O4/c1-23(2,3)18-12-10-17(11-13-18)21(27)25-19(14-16-8-6-5-7-9-16)22(28)24-15-20(26)29-4/h5-13,19H,14-15H2,1-4H3,(H,24,28)(H,25,27)/t19-/m0/s1. The van der Waals surface area contributed by atoms with Gasteiger partial charge in [0.15, 0.2) is 0 Å². The molecule has 0 bridgehead atoms. The van der Waals surface area contributed by atoms with Crippen LogP contribution in [0.2, 0.25) is 0 Å². The number of carbonyl (C=O) groups is 3. The summed E-state index contributed by atoms with van der Waals surface area (Å²) in [7, 11) is 1.25. The zero-order valence-corrected chi connectivity index (χ0v) is 17.3. The van der Waals surface area contributed by atoms with Crippen molar-refractivity contribution in [2.24, 2.45) is 0 Å². The van der Waals surface area contributed by atoms with Gasteiger partial charge < -0.3 is 15.4 Å². The third kappa shape index (κ3) is 6.75. The molecule has 0 saturated carbocycles. The molecule has 0 heterocycles. The van der Waals surface area contributed by atoms with E-state index in [2.05, 4.69) is 36.1 Å². The summed E-state index contributed by atoms with van der Waals surface area (Å²) >= 11 is 0. The highest BCUT2D eigenvalue weighted by atomic mass is 16.5. The fraction of sp³-hybridized carbons (Fsp3) is 0.348. The summed E-state index contributed by atoms with van der Waals surface area (Å²) in [6.07, 6.45) is 0.305. The second kappa shape index (κ2) is 9.87. The van der Waals surface area contributed by atoms with Gasteiger partial charge in [0.1, 0.15) is 12.6 Å². The van der Waals surface area contributed by atoms with Gasteiger partial charge in [-0.2, -0.15) is 0 Å². The summed E-state index contributed by atoms with van der Waals surface area (Å²) in [5.74, 6) is -1.35. The van der Waals surface area contributed by atoms with Crippen LogP contribution in [-0.4, -0.2) is 37.5 Å². The molecule has 0 spiro atoms. The van der Waals surface area contributed by atoms with Gasteiger partial charge in [-0.1, -0.05) is 63.2 Å². The second-order valence-corrected chi connectivity index (χ2v) is 7.84. The van der Waals surface area contributed by atoms with Crippen LogP contribution < -0.4 is 10.6 Å². The Morgan fingerprint density at radius 2 is 1.59 bits per heavy atom. The Morgan fingerprint density at radius 1 is 0.966 bits per heavy atom. The maximum atomic E-state index is 12.7. The summed E-state index contributed by atoms with van der Waals surface area (Å²) < 4.78 is 4.55. The van der Waals surface area contributed by atoms with Gasteiger partial charge in [-0.3, -0.25) is 14.4 Å². The van der Waals surface area contributed by atoms with Crippen molar-refractivity contribution < 1.29 is 19.1 Å². The SMILES string of the molecule is COC(=O)CNC(=O)[C@H](Cc1ccccc1)NC(=O)c1ccc(C(C)(C)C)cc1. The van der Waals surface area contributed by atoms with Crippen LogP contribution in [0.25, 0.3) is 0 Å². The first kappa shape index (κ1) is 22.1. The zero-order valence-electron chi connectivity index (χ0n) is 17.3. The van der Waals surface area contributed by atoms with Crippen molar-refractivity contribution in [1.29, 1.82) is 0 Å². The number of hydrogen-bond donors (Lipinski definition) is 2. The maximum absolute atomic E-state index is 12.7. The van der Waals surface area contributed by atoms with E-state index in [1.165, 1.54) is 7.11 Å². The lowest BCUT2D eigenvalue weighted by atomic mass is 9.86. The maximum Gasteiger partial charge on any atom is 0.325 e. The largest absolute Gasteiger partial charge is 0.468 e. The van der Waals surface area contributed by atoms with Crippen molar-refractivity contribution >= 4 is 17.8 Å². The second-order valence-electron chi connectivity index (χ2n) is 7.84. The summed E-state index contributed by atoms with van der Waals surface area (Å²) in [5, 5.41) is 5.29. The molecule has 2 N–H and O–H groups in total. The number of esters is 1. The minimum atomic E-state index is -0.822. The minimum Gasteiger partial charge on any atom is -0.468 e. The molecule has 0 unspecified atom stereocenters. The minimum absolute atomic E-state index is 0.0153. The fourth-order valence-corrected chi connectivity index (χ4v) is 2.78. The van der Waals surface area contributed by atoms with Crippen molar-refractivity contribution in [3.8, 4) is 0 Å². The molecule has 0 saturated heterocycles. The van der Waals surface area contributed by atoms with E-state index >= 15 is 0 Å². The van der Waals surface area contributed by atoms with Gasteiger partial charge in [0.05, 0.1) is 7.11 Å². The average molecular weight is 396 g/mol. The summed E-state index contributed by atoms with van der Waals surface area (Å²) in [6.45, 7) is 6.05. The van der Waals surface area contributed by atoms with Gasteiger partial charge in [0, 0.05) is 12.0 Å². The molecule has 2 aromatic carbocycles. The van der Waals surface area contributed by atoms with E-state index in [1.807, 2.05) is 42.5 Å². The van der Waals surface area contributed by atoms with Crippen LogP contribution in [-0.2, 0) is 26.2 Å². The topological polar surface area (TPSA) is 84.5 Å². The van der Waals surface area contributed by atoms with Crippen LogP contribution in [0.5, 0.6) is 0 Å². The van der Waals surface area contributed by atoms with E-state index < -0.39 is 17.9 Å². The molecule has 2 rings (SSSR count). The van der Waals surface area contributed by atoms with E-state index in [-0.39, 0.29) is 17.9 Å². The van der Waals surface area contributed by atoms with Crippen LogP contribution in [0.1, 0.15) is 42.3 Å². The quantitative estimate of drug-likeness (QED) is 0.705. The third-order valence-corrected chi connectivity index (χ3v) is 4.55. The Kier molecular flexibility index (Phi) is 7.53. The molecule has 0 aliphatic carbocycles. The lowest BCUT2D eigenvalue weighted by Gasteiger charge is -2.20. The van der Waals surface area contributed by atoms with E-state index in [0.717, 1.165) is 11.1 Å². The van der Waals surface area contributed by atoms with Crippen molar-refractivity contribution in [3.05, 3.63) is 71.3 Å². The molecule has 0 aliphatic rings. The number of rotatable bonds is 7. The Balaban J connectivity index is 2.13. The molecular weight excluding hydrogens is 368 g/mol. The zero-order chi connectivity index (χ0) is 21.4. The van der Waals surface area contributed by atoms with Crippen molar-refractivity contribution in [1.82, 2.24) is 10.6 Å². The Bertz CT molecular complexity index is 839. The molecule has 0 radical (unpaired) electrons. The average Bonchev–Trinajstić information content (AvgIpc) is 2.71. The van der Waals surface area contributed by atoms with E-state index in [0.29, 0.717) is 12.0 Å². The summed E-state index contributed by atoms with van der Waals surface area (Å²) in [5.41, 5.74) is 2.47. The number of ether oxygens (including phenoxy) is 1. The van der Waals surface area contributed by atoms with Crippen molar-refractivity contribution in [3.63, 3.8) is 0 Å². The first-order chi connectivity index (χ1) is 13.7. The van der Waals surface area contributed by atoms with Crippen molar-refractivity contribution in [2.45, 2.75) is 38.6 Å². The Hall–Kier alpha value is -3.15. The molecule has 2 aromatic rings. The monoisotopic (exact) mass is 396 g/mol. The smallest absolute Gasteiger partial charge is 0.325 e. The fourth-order valence-electron chi connectivity index (χ4n) is 2.78. The van der Waals surface area contributed by atoms with Crippen molar-refractivity contribution in [2.75, 3.05) is 13.7 Å². The number of hydrogen-bond acceptors (Lipinski definition) is 4. The Labute approximate surface area is 171 Å². The van der Waals surface area contributed by atoms with E-state index in [1.54, 1.807) is 12.1 Å². The predicted molar refractivity (Wildman–Crippen MR) is 112 cm³/mol. The first-order valence-electron chi connectivity index (χ1n) is 9.50. The number of amides is 2.